The lowest BCUT2D eigenvalue weighted by atomic mass is 10.1. The quantitative estimate of drug-likeness (QED) is 0.639. The lowest BCUT2D eigenvalue weighted by molar-refractivity contribution is 0.101. The summed E-state index contributed by atoms with van der Waals surface area (Å²) in [5.74, 6) is 0.429. The van der Waals surface area contributed by atoms with E-state index in [1.54, 1.807) is 47.7 Å². The van der Waals surface area contributed by atoms with Crippen LogP contribution in [0.2, 0.25) is 0 Å². The summed E-state index contributed by atoms with van der Waals surface area (Å²) >= 11 is 1.71. The molecule has 3 aromatic rings. The number of carbonyl (C=O) groups is 2. The smallest absolute Gasteiger partial charge is 0.255 e. The number of thiazole rings is 1. The third-order valence-electron chi connectivity index (χ3n) is 4.42. The van der Waals surface area contributed by atoms with Gasteiger partial charge in [0.2, 0.25) is 0 Å². The van der Waals surface area contributed by atoms with Gasteiger partial charge in [0.15, 0.2) is 5.78 Å². The zero-order chi connectivity index (χ0) is 18.1. The molecular weight excluding hydrogens is 344 g/mol. The molecule has 1 amide bonds. The molecule has 1 aliphatic rings. The highest BCUT2D eigenvalue weighted by Crippen LogP contribution is 2.42. The number of nitrogens with one attached hydrogen (secondary N) is 1. The molecule has 130 valence electrons. The van der Waals surface area contributed by atoms with E-state index in [1.165, 1.54) is 24.8 Å². The molecule has 0 aliphatic heterocycles. The van der Waals surface area contributed by atoms with Gasteiger partial charge in [0.25, 0.3) is 5.91 Å². The molecule has 26 heavy (non-hydrogen) atoms. The molecule has 1 heterocycles. The summed E-state index contributed by atoms with van der Waals surface area (Å²) in [5, 5.41) is 6.13. The maximum Gasteiger partial charge on any atom is 0.255 e. The lowest BCUT2D eigenvalue weighted by Gasteiger charge is -2.07. The summed E-state index contributed by atoms with van der Waals surface area (Å²) in [6.07, 6.45) is 2.49. The Morgan fingerprint density at radius 2 is 1.85 bits per heavy atom. The fourth-order valence-corrected chi connectivity index (χ4v) is 3.75. The van der Waals surface area contributed by atoms with Gasteiger partial charge in [-0.25, -0.2) is 4.98 Å². The van der Waals surface area contributed by atoms with Gasteiger partial charge in [-0.1, -0.05) is 24.3 Å². The molecule has 1 N–H and O–H groups in total. The summed E-state index contributed by atoms with van der Waals surface area (Å²) in [5.41, 5.74) is 3.74. The van der Waals surface area contributed by atoms with Gasteiger partial charge in [-0.2, -0.15) is 0 Å². The Morgan fingerprint density at radius 1 is 1.08 bits per heavy atom. The molecule has 0 unspecified atom stereocenters. The predicted molar refractivity (Wildman–Crippen MR) is 104 cm³/mol. The highest BCUT2D eigenvalue weighted by molar-refractivity contribution is 7.10. The fraction of sp³-hybridized carbons (Fsp3) is 0.190. The van der Waals surface area contributed by atoms with E-state index in [2.05, 4.69) is 10.7 Å². The second kappa shape index (κ2) is 6.84. The van der Waals surface area contributed by atoms with Gasteiger partial charge in [-0.15, -0.1) is 11.3 Å². The number of hydrogen-bond acceptors (Lipinski definition) is 4. The molecule has 1 aliphatic carbocycles. The Balaban J connectivity index is 1.48. The number of hydrogen-bond donors (Lipinski definition) is 1. The highest BCUT2D eigenvalue weighted by atomic mass is 32.1. The Morgan fingerprint density at radius 3 is 2.54 bits per heavy atom. The van der Waals surface area contributed by atoms with Crippen LogP contribution in [0.3, 0.4) is 0 Å². The van der Waals surface area contributed by atoms with E-state index in [1.807, 2.05) is 12.1 Å². The molecule has 2 aromatic carbocycles. The third kappa shape index (κ3) is 3.58. The monoisotopic (exact) mass is 362 g/mol. The van der Waals surface area contributed by atoms with Crippen LogP contribution in [0.25, 0.3) is 11.3 Å². The average molecular weight is 362 g/mol. The van der Waals surface area contributed by atoms with Crippen molar-refractivity contribution >= 4 is 28.7 Å². The Bertz CT molecular complexity index is 972. The molecule has 0 atom stereocenters. The molecule has 4 nitrogen and oxygen atoms in total. The highest BCUT2D eigenvalue weighted by Gasteiger charge is 2.26. The first kappa shape index (κ1) is 16.7. The van der Waals surface area contributed by atoms with Crippen LogP contribution in [-0.2, 0) is 0 Å². The second-order valence-electron chi connectivity index (χ2n) is 6.51. The van der Waals surface area contributed by atoms with Gasteiger partial charge in [0.1, 0.15) is 0 Å². The predicted octanol–water partition coefficient (Wildman–Crippen LogP) is 5.14. The Hall–Kier alpha value is -2.79. The SMILES string of the molecule is CC(=O)c1cccc(NC(=O)c2ccc(-c3csc(C4CC4)n3)cc2)c1. The van der Waals surface area contributed by atoms with Gasteiger partial charge in [-0.05, 0) is 44.0 Å². The van der Waals surface area contributed by atoms with Crippen molar-refractivity contribution in [3.8, 4) is 11.3 Å². The summed E-state index contributed by atoms with van der Waals surface area (Å²) < 4.78 is 0. The van der Waals surface area contributed by atoms with Crippen LogP contribution in [0.4, 0.5) is 5.69 Å². The number of benzene rings is 2. The molecule has 1 saturated carbocycles. The molecule has 0 spiro atoms. The average Bonchev–Trinajstić information content (AvgIpc) is 3.39. The number of aromatic nitrogens is 1. The zero-order valence-electron chi connectivity index (χ0n) is 14.4. The number of nitrogens with zero attached hydrogens (tertiary/aromatic N) is 1. The minimum Gasteiger partial charge on any atom is -0.322 e. The van der Waals surface area contributed by atoms with Crippen molar-refractivity contribution in [1.29, 1.82) is 0 Å². The van der Waals surface area contributed by atoms with Crippen LogP contribution in [0.1, 0.15) is 51.4 Å². The molecular formula is C21H18N2O2S. The minimum absolute atomic E-state index is 0.0284. The largest absolute Gasteiger partial charge is 0.322 e. The zero-order valence-corrected chi connectivity index (χ0v) is 15.2. The summed E-state index contributed by atoms with van der Waals surface area (Å²) in [7, 11) is 0. The molecule has 0 radical (unpaired) electrons. The van der Waals surface area contributed by atoms with Crippen molar-refractivity contribution in [2.24, 2.45) is 0 Å². The minimum atomic E-state index is -0.200. The normalized spacial score (nSPS) is 13.4. The maximum atomic E-state index is 12.4. The van der Waals surface area contributed by atoms with Gasteiger partial charge < -0.3 is 5.32 Å². The van der Waals surface area contributed by atoms with Crippen LogP contribution in [0.5, 0.6) is 0 Å². The van der Waals surface area contributed by atoms with Crippen LogP contribution < -0.4 is 5.32 Å². The standard InChI is InChI=1S/C21H18N2O2S/c1-13(24)17-3-2-4-18(11-17)22-20(25)15-7-5-14(6-8-15)19-12-26-21(23-19)16-9-10-16/h2-8,11-12,16H,9-10H2,1H3,(H,22,25). The first-order valence-corrected chi connectivity index (χ1v) is 9.46. The van der Waals surface area contributed by atoms with Crippen molar-refractivity contribution in [1.82, 2.24) is 4.98 Å². The molecule has 5 heteroatoms. The Kier molecular flexibility index (Phi) is 4.39. The van der Waals surface area contributed by atoms with Gasteiger partial charge in [0.05, 0.1) is 10.7 Å². The first-order valence-electron chi connectivity index (χ1n) is 8.58. The number of Topliss-reactive ketones (excluding diaryl/α,β-unsaturated/α-hetero) is 1. The van der Waals surface area contributed by atoms with E-state index >= 15 is 0 Å². The van der Waals surface area contributed by atoms with E-state index < -0.39 is 0 Å². The Labute approximate surface area is 155 Å². The van der Waals surface area contributed by atoms with Crippen molar-refractivity contribution in [2.45, 2.75) is 25.7 Å². The van der Waals surface area contributed by atoms with Gasteiger partial charge in [0, 0.05) is 33.7 Å². The fourth-order valence-electron chi connectivity index (χ4n) is 2.75. The summed E-state index contributed by atoms with van der Waals surface area (Å²) in [4.78, 5) is 28.6. The van der Waals surface area contributed by atoms with Crippen molar-refractivity contribution in [3.63, 3.8) is 0 Å². The van der Waals surface area contributed by atoms with Gasteiger partial charge in [-0.3, -0.25) is 9.59 Å². The number of carbonyl (C=O) groups excluding carboxylic acids is 2. The van der Waals surface area contributed by atoms with E-state index in [0.717, 1.165) is 11.3 Å². The molecule has 1 aromatic heterocycles. The van der Waals surface area contributed by atoms with E-state index in [9.17, 15) is 9.59 Å². The van der Waals surface area contributed by atoms with Crippen molar-refractivity contribution in [2.75, 3.05) is 5.32 Å². The number of ketones is 1. The van der Waals surface area contributed by atoms with Crippen LogP contribution in [0, 0.1) is 0 Å². The van der Waals surface area contributed by atoms with Crippen molar-refractivity contribution in [3.05, 3.63) is 70.0 Å². The molecule has 4 rings (SSSR count). The second-order valence-corrected chi connectivity index (χ2v) is 7.40. The molecule has 0 bridgehead atoms. The van der Waals surface area contributed by atoms with Crippen LogP contribution in [0.15, 0.2) is 53.9 Å². The van der Waals surface area contributed by atoms with E-state index in [4.69, 9.17) is 4.98 Å². The van der Waals surface area contributed by atoms with E-state index in [0.29, 0.717) is 22.7 Å². The number of rotatable bonds is 5. The molecule has 1 fully saturated rings. The lowest BCUT2D eigenvalue weighted by Crippen LogP contribution is -2.12. The van der Waals surface area contributed by atoms with E-state index in [-0.39, 0.29) is 11.7 Å². The number of amides is 1. The van der Waals surface area contributed by atoms with Crippen LogP contribution >= 0.6 is 11.3 Å². The maximum absolute atomic E-state index is 12.4. The third-order valence-corrected chi connectivity index (χ3v) is 5.43. The van der Waals surface area contributed by atoms with Gasteiger partial charge >= 0.3 is 0 Å². The molecule has 0 saturated heterocycles. The number of anilines is 1. The first-order chi connectivity index (χ1) is 12.6. The topological polar surface area (TPSA) is 59.1 Å². The summed E-state index contributed by atoms with van der Waals surface area (Å²) in [6, 6.07) is 14.4. The summed E-state index contributed by atoms with van der Waals surface area (Å²) in [6.45, 7) is 1.51. The van der Waals surface area contributed by atoms with Crippen molar-refractivity contribution < 1.29 is 9.59 Å². The van der Waals surface area contributed by atoms with Crippen LogP contribution in [-0.4, -0.2) is 16.7 Å².